The molecule has 154 valence electrons. The molecule has 0 aliphatic carbocycles. The van der Waals surface area contributed by atoms with Crippen LogP contribution in [0.3, 0.4) is 0 Å². The lowest BCUT2D eigenvalue weighted by Gasteiger charge is -2.26. The van der Waals surface area contributed by atoms with Crippen LogP contribution in [0.2, 0.25) is 0 Å². The van der Waals surface area contributed by atoms with Crippen molar-refractivity contribution in [1.29, 1.82) is 0 Å². The van der Waals surface area contributed by atoms with Crippen LogP contribution >= 0.6 is 0 Å². The summed E-state index contributed by atoms with van der Waals surface area (Å²) in [5.41, 5.74) is 1.46. The summed E-state index contributed by atoms with van der Waals surface area (Å²) in [4.78, 5) is 30.9. The van der Waals surface area contributed by atoms with Gasteiger partial charge in [-0.15, -0.1) is 0 Å². The van der Waals surface area contributed by atoms with Gasteiger partial charge in [0.25, 0.3) is 11.8 Å². The summed E-state index contributed by atoms with van der Waals surface area (Å²) in [6, 6.07) is 16.1. The highest BCUT2D eigenvalue weighted by atomic mass is 16.5. The summed E-state index contributed by atoms with van der Waals surface area (Å²) < 4.78 is 5.26. The van der Waals surface area contributed by atoms with Crippen molar-refractivity contribution in [3.8, 4) is 0 Å². The fourth-order valence-electron chi connectivity index (χ4n) is 3.39. The minimum absolute atomic E-state index is 0.0403. The zero-order chi connectivity index (χ0) is 20.9. The van der Waals surface area contributed by atoms with Crippen molar-refractivity contribution < 1.29 is 19.4 Å². The average molecular weight is 405 g/mol. The molecule has 2 heterocycles. The van der Waals surface area contributed by atoms with Crippen molar-refractivity contribution in [2.75, 3.05) is 32.8 Å². The van der Waals surface area contributed by atoms with Crippen LogP contribution in [0.4, 0.5) is 0 Å². The first-order chi connectivity index (χ1) is 14.6. The molecule has 7 heteroatoms. The van der Waals surface area contributed by atoms with Crippen LogP contribution in [0.15, 0.2) is 60.8 Å². The third kappa shape index (κ3) is 4.48. The number of rotatable bonds is 5. The van der Waals surface area contributed by atoms with Crippen molar-refractivity contribution in [2.24, 2.45) is 0 Å². The van der Waals surface area contributed by atoms with Gasteiger partial charge >= 0.3 is 0 Å². The molecule has 1 atom stereocenters. The van der Waals surface area contributed by atoms with E-state index >= 15 is 0 Å². The lowest BCUT2D eigenvalue weighted by molar-refractivity contribution is 0.0303. The van der Waals surface area contributed by atoms with Gasteiger partial charge in [0.15, 0.2) is 0 Å². The smallest absolute Gasteiger partial charge is 0.254 e. The molecule has 1 saturated heterocycles. The molecule has 0 radical (unpaired) electrons. The van der Waals surface area contributed by atoms with Crippen molar-refractivity contribution in [2.45, 2.75) is 6.10 Å². The third-order valence-electron chi connectivity index (χ3n) is 5.14. The normalized spacial score (nSPS) is 15.0. The molecule has 1 unspecified atom stereocenters. The lowest BCUT2D eigenvalue weighted by atomic mass is 10.1. The molecule has 1 aromatic heterocycles. The lowest BCUT2D eigenvalue weighted by Crippen LogP contribution is -2.40. The second-order valence-electron chi connectivity index (χ2n) is 7.16. The van der Waals surface area contributed by atoms with E-state index < -0.39 is 6.10 Å². The van der Waals surface area contributed by atoms with Crippen molar-refractivity contribution >= 4 is 22.6 Å². The summed E-state index contributed by atoms with van der Waals surface area (Å²) in [7, 11) is 0. The number of aromatic nitrogens is 1. The maximum Gasteiger partial charge on any atom is 0.254 e. The molecule has 4 rings (SSSR count). The van der Waals surface area contributed by atoms with Gasteiger partial charge in [0.05, 0.1) is 18.9 Å². The Balaban J connectivity index is 1.35. The molecular weight excluding hydrogens is 382 g/mol. The molecule has 7 nitrogen and oxygen atoms in total. The number of nitrogens with one attached hydrogen (secondary N) is 1. The Morgan fingerprint density at radius 2 is 1.70 bits per heavy atom. The molecule has 1 aliphatic heterocycles. The molecular formula is C23H23N3O4. The van der Waals surface area contributed by atoms with Gasteiger partial charge in [0, 0.05) is 42.3 Å². The van der Waals surface area contributed by atoms with Crippen LogP contribution in [0.1, 0.15) is 32.5 Å². The van der Waals surface area contributed by atoms with E-state index in [1.165, 1.54) is 0 Å². The Morgan fingerprint density at radius 1 is 1.03 bits per heavy atom. The Kier molecular flexibility index (Phi) is 6.02. The van der Waals surface area contributed by atoms with Crippen molar-refractivity contribution in [3.05, 3.63) is 77.6 Å². The Hall–Kier alpha value is -3.29. The van der Waals surface area contributed by atoms with E-state index in [-0.39, 0.29) is 18.4 Å². The van der Waals surface area contributed by atoms with Gasteiger partial charge in [-0.25, -0.2) is 0 Å². The average Bonchev–Trinajstić information content (AvgIpc) is 2.82. The number of amides is 2. The number of ether oxygens (including phenoxy) is 1. The van der Waals surface area contributed by atoms with Gasteiger partial charge < -0.3 is 20.1 Å². The largest absolute Gasteiger partial charge is 0.385 e. The van der Waals surface area contributed by atoms with Gasteiger partial charge in [-0.1, -0.05) is 24.3 Å². The van der Waals surface area contributed by atoms with Crippen molar-refractivity contribution in [3.63, 3.8) is 0 Å². The van der Waals surface area contributed by atoms with Crippen LogP contribution in [0, 0.1) is 0 Å². The number of carbonyl (C=O) groups excluding carboxylic acids is 2. The number of pyridine rings is 1. The van der Waals surface area contributed by atoms with Gasteiger partial charge in [-0.2, -0.15) is 0 Å². The number of hydrogen-bond acceptors (Lipinski definition) is 5. The molecule has 1 aliphatic rings. The molecule has 2 amide bonds. The van der Waals surface area contributed by atoms with E-state index in [1.807, 2.05) is 30.3 Å². The fourth-order valence-corrected chi connectivity index (χ4v) is 3.39. The maximum atomic E-state index is 12.5. The first-order valence-electron chi connectivity index (χ1n) is 9.90. The van der Waals surface area contributed by atoms with Crippen LogP contribution in [-0.2, 0) is 4.74 Å². The van der Waals surface area contributed by atoms with Crippen LogP contribution in [0.5, 0.6) is 0 Å². The molecule has 2 N–H and O–H groups in total. The zero-order valence-corrected chi connectivity index (χ0v) is 16.5. The topological polar surface area (TPSA) is 91.8 Å². The van der Waals surface area contributed by atoms with Crippen LogP contribution in [-0.4, -0.2) is 59.7 Å². The number of hydrogen-bond donors (Lipinski definition) is 2. The minimum Gasteiger partial charge on any atom is -0.385 e. The van der Waals surface area contributed by atoms with E-state index in [4.69, 9.17) is 4.74 Å². The number of fused-ring (bicyclic) bond motifs is 1. The Labute approximate surface area is 174 Å². The van der Waals surface area contributed by atoms with E-state index in [2.05, 4.69) is 10.3 Å². The van der Waals surface area contributed by atoms with Crippen molar-refractivity contribution in [1.82, 2.24) is 15.2 Å². The molecule has 1 fully saturated rings. The molecule has 30 heavy (non-hydrogen) atoms. The quantitative estimate of drug-likeness (QED) is 0.679. The molecule has 2 aromatic carbocycles. The SMILES string of the molecule is O=C(NCC(O)c1cc2ccccc2cn1)c1ccc(C(=O)N2CCOCC2)cc1. The highest BCUT2D eigenvalue weighted by molar-refractivity contribution is 5.97. The molecule has 0 bridgehead atoms. The second kappa shape index (κ2) is 9.02. The van der Waals surface area contributed by atoms with E-state index in [9.17, 15) is 14.7 Å². The Morgan fingerprint density at radius 3 is 2.43 bits per heavy atom. The van der Waals surface area contributed by atoms with Crippen LogP contribution in [0.25, 0.3) is 10.8 Å². The Bertz CT molecular complexity index is 1050. The highest BCUT2D eigenvalue weighted by Crippen LogP contribution is 2.17. The summed E-state index contributed by atoms with van der Waals surface area (Å²) in [5.74, 6) is -0.386. The van der Waals surface area contributed by atoms with Gasteiger partial charge in [0.1, 0.15) is 6.10 Å². The maximum absolute atomic E-state index is 12.5. The van der Waals surface area contributed by atoms with Gasteiger partial charge in [-0.3, -0.25) is 14.6 Å². The minimum atomic E-state index is -0.916. The molecule has 0 spiro atoms. The van der Waals surface area contributed by atoms with E-state index in [0.717, 1.165) is 10.8 Å². The monoisotopic (exact) mass is 405 g/mol. The molecule has 0 saturated carbocycles. The van der Waals surface area contributed by atoms with Gasteiger partial charge in [-0.05, 0) is 35.7 Å². The first kappa shape index (κ1) is 20.0. The first-order valence-corrected chi connectivity index (χ1v) is 9.90. The third-order valence-corrected chi connectivity index (χ3v) is 5.14. The summed E-state index contributed by atoms with van der Waals surface area (Å²) in [5, 5.41) is 15.1. The standard InChI is InChI=1S/C23H23N3O4/c27-21(20-13-18-3-1-2-4-19(18)14-24-20)15-25-22(28)16-5-7-17(8-6-16)23(29)26-9-11-30-12-10-26/h1-8,13-14,21,27H,9-12,15H2,(H,25,28). The van der Waals surface area contributed by atoms with Crippen LogP contribution < -0.4 is 5.32 Å². The number of aliphatic hydroxyl groups excluding tert-OH is 1. The highest BCUT2D eigenvalue weighted by Gasteiger charge is 2.19. The zero-order valence-electron chi connectivity index (χ0n) is 16.5. The van der Waals surface area contributed by atoms with E-state index in [0.29, 0.717) is 43.1 Å². The number of nitrogens with zero attached hydrogens (tertiary/aromatic N) is 2. The predicted octanol–water partition coefficient (Wildman–Crippen LogP) is 2.17. The summed E-state index contributed by atoms with van der Waals surface area (Å²) in [6.45, 7) is 2.27. The molecule has 3 aromatic rings. The number of morpholine rings is 1. The second-order valence-corrected chi connectivity index (χ2v) is 7.16. The number of aliphatic hydroxyl groups is 1. The van der Waals surface area contributed by atoms with Gasteiger partial charge in [0.2, 0.25) is 0 Å². The predicted molar refractivity (Wildman–Crippen MR) is 112 cm³/mol. The van der Waals surface area contributed by atoms with E-state index in [1.54, 1.807) is 35.4 Å². The summed E-state index contributed by atoms with van der Waals surface area (Å²) >= 11 is 0. The number of benzene rings is 2. The summed E-state index contributed by atoms with van der Waals surface area (Å²) in [6.07, 6.45) is 0.792. The number of carbonyl (C=O) groups is 2. The fraction of sp³-hybridized carbons (Fsp3) is 0.261.